The average Bonchev–Trinajstić information content (AvgIpc) is 2.87. The van der Waals surface area contributed by atoms with E-state index in [-0.39, 0.29) is 27.7 Å². The van der Waals surface area contributed by atoms with Crippen molar-refractivity contribution in [2.45, 2.75) is 60.5 Å². The van der Waals surface area contributed by atoms with Crippen molar-refractivity contribution in [3.63, 3.8) is 0 Å². The summed E-state index contributed by atoms with van der Waals surface area (Å²) in [6.07, 6.45) is 5.70. The Labute approximate surface area is 177 Å². The van der Waals surface area contributed by atoms with Crippen molar-refractivity contribution in [2.75, 3.05) is 31.6 Å². The van der Waals surface area contributed by atoms with Gasteiger partial charge in [0.25, 0.3) is 0 Å². The highest BCUT2D eigenvalue weighted by molar-refractivity contribution is 8.00. The fourth-order valence-corrected chi connectivity index (χ4v) is 6.97. The third-order valence-corrected chi connectivity index (χ3v) is 8.50. The molecule has 2 aromatic rings. The summed E-state index contributed by atoms with van der Waals surface area (Å²) >= 11 is -0.0795. The summed E-state index contributed by atoms with van der Waals surface area (Å²) in [5, 5.41) is 8.14. The minimum atomic E-state index is -4.33. The molecule has 0 radical (unpaired) electrons. The summed E-state index contributed by atoms with van der Waals surface area (Å²) in [4.78, 5) is 2.84. The standard InChI is InChI=1S/C21H25F3N4OS/c1-14-17(30-21(22,23)24)15-4-2-5-16(28(15)26-14)25-19-6-3-7-20(8-19,9-19)27-10-18(11-27)12-29-13-18/h2,4-5,25H,3,6-13H2,1H3. The van der Waals surface area contributed by atoms with Crippen LogP contribution in [0.25, 0.3) is 5.52 Å². The lowest BCUT2D eigenvalue weighted by Gasteiger charge is -2.71. The molecular formula is C21H25F3N4OS. The molecule has 7 rings (SSSR count). The Bertz CT molecular complexity index is 1000. The van der Waals surface area contributed by atoms with Crippen LogP contribution in [0.15, 0.2) is 23.1 Å². The summed E-state index contributed by atoms with van der Waals surface area (Å²) in [5.74, 6) is 0.785. The molecule has 3 saturated carbocycles. The number of halogens is 3. The number of likely N-dealkylation sites (tertiary alicyclic amines) is 1. The molecule has 5 nitrogen and oxygen atoms in total. The third kappa shape index (κ3) is 2.81. The van der Waals surface area contributed by atoms with Gasteiger partial charge in [-0.15, -0.1) is 0 Å². The van der Waals surface area contributed by atoms with Crippen molar-refractivity contribution in [2.24, 2.45) is 5.41 Å². The summed E-state index contributed by atoms with van der Waals surface area (Å²) in [5.41, 5.74) is -2.69. The number of thioether (sulfide) groups is 1. The number of ether oxygens (including phenoxy) is 1. The summed E-state index contributed by atoms with van der Waals surface area (Å²) in [6, 6.07) is 5.46. The number of aryl methyl sites for hydroxylation is 1. The highest BCUT2D eigenvalue weighted by Gasteiger charge is 2.64. The van der Waals surface area contributed by atoms with Gasteiger partial charge in [0.05, 0.1) is 29.3 Å². The molecule has 4 heterocycles. The van der Waals surface area contributed by atoms with Crippen LogP contribution in [0.1, 0.15) is 37.8 Å². The number of aromatic nitrogens is 2. The molecule has 9 heteroatoms. The van der Waals surface area contributed by atoms with E-state index in [0.717, 1.165) is 51.4 Å². The lowest BCUT2D eigenvalue weighted by Crippen LogP contribution is -2.78. The molecule has 3 aliphatic carbocycles. The van der Waals surface area contributed by atoms with E-state index in [1.165, 1.54) is 12.8 Å². The fourth-order valence-electron chi connectivity index (χ4n) is 6.29. The average molecular weight is 439 g/mol. The van der Waals surface area contributed by atoms with E-state index in [0.29, 0.717) is 16.6 Å². The van der Waals surface area contributed by atoms with Gasteiger partial charge in [-0.05, 0) is 62.9 Å². The van der Waals surface area contributed by atoms with Crippen molar-refractivity contribution < 1.29 is 17.9 Å². The molecule has 1 spiro atoms. The molecule has 30 heavy (non-hydrogen) atoms. The molecule has 1 N–H and O–H groups in total. The molecule has 0 atom stereocenters. The molecule has 5 aliphatic rings. The summed E-state index contributed by atoms with van der Waals surface area (Å²) in [6.45, 7) is 5.75. The molecule has 2 aliphatic heterocycles. The highest BCUT2D eigenvalue weighted by atomic mass is 32.2. The third-order valence-electron chi connectivity index (χ3n) is 7.56. The number of nitrogens with one attached hydrogen (secondary N) is 1. The largest absolute Gasteiger partial charge is 0.446 e. The van der Waals surface area contributed by atoms with Crippen molar-refractivity contribution >= 4 is 23.1 Å². The van der Waals surface area contributed by atoms with E-state index in [9.17, 15) is 13.2 Å². The van der Waals surface area contributed by atoms with Gasteiger partial charge in [-0.3, -0.25) is 4.90 Å². The van der Waals surface area contributed by atoms with Crippen LogP contribution in [-0.4, -0.2) is 57.4 Å². The van der Waals surface area contributed by atoms with E-state index in [2.05, 4.69) is 15.3 Å². The molecule has 2 saturated heterocycles. The first-order chi connectivity index (χ1) is 14.2. The van der Waals surface area contributed by atoms with E-state index in [4.69, 9.17) is 4.74 Å². The Morgan fingerprint density at radius 3 is 2.60 bits per heavy atom. The van der Waals surface area contributed by atoms with Crippen LogP contribution in [0, 0.1) is 12.3 Å². The van der Waals surface area contributed by atoms with Gasteiger partial charge < -0.3 is 10.1 Å². The normalized spacial score (nSPS) is 32.5. The Kier molecular flexibility index (Phi) is 3.90. The van der Waals surface area contributed by atoms with Crippen LogP contribution < -0.4 is 5.32 Å². The minimum Gasteiger partial charge on any atom is -0.380 e. The molecule has 0 aromatic carbocycles. The maximum absolute atomic E-state index is 13.0. The number of rotatable bonds is 4. The SMILES string of the molecule is Cc1nn2c(NC34CCCC(N5CC6(COC6)C5)(C3)C4)cccc2c1SC(F)(F)F. The van der Waals surface area contributed by atoms with Crippen LogP contribution in [0.3, 0.4) is 0 Å². The lowest BCUT2D eigenvalue weighted by atomic mass is 9.52. The zero-order valence-electron chi connectivity index (χ0n) is 16.9. The number of fused-ring (bicyclic) bond motifs is 3. The van der Waals surface area contributed by atoms with Gasteiger partial charge in [0.2, 0.25) is 0 Å². The molecule has 162 valence electrons. The zero-order valence-corrected chi connectivity index (χ0v) is 17.7. The van der Waals surface area contributed by atoms with Crippen LogP contribution in [0.4, 0.5) is 19.0 Å². The molecule has 0 amide bonds. The van der Waals surface area contributed by atoms with Crippen molar-refractivity contribution in [1.29, 1.82) is 0 Å². The van der Waals surface area contributed by atoms with Gasteiger partial charge in [-0.2, -0.15) is 18.3 Å². The van der Waals surface area contributed by atoms with Crippen molar-refractivity contribution in [3.8, 4) is 0 Å². The summed E-state index contributed by atoms with van der Waals surface area (Å²) < 4.78 is 46.1. The van der Waals surface area contributed by atoms with E-state index >= 15 is 0 Å². The van der Waals surface area contributed by atoms with E-state index < -0.39 is 5.51 Å². The number of hydrogen-bond donors (Lipinski definition) is 1. The fraction of sp³-hybridized carbons (Fsp3) is 0.667. The van der Waals surface area contributed by atoms with Gasteiger partial charge in [0.15, 0.2) is 0 Å². The van der Waals surface area contributed by atoms with Crippen LogP contribution in [0.2, 0.25) is 0 Å². The van der Waals surface area contributed by atoms with Crippen molar-refractivity contribution in [3.05, 3.63) is 23.9 Å². The molecular weight excluding hydrogens is 413 g/mol. The highest BCUT2D eigenvalue weighted by Crippen LogP contribution is 2.59. The number of alkyl halides is 3. The summed E-state index contributed by atoms with van der Waals surface area (Å²) in [7, 11) is 0. The second kappa shape index (κ2) is 6.07. The second-order valence-corrected chi connectivity index (χ2v) is 10.9. The van der Waals surface area contributed by atoms with E-state index in [1.54, 1.807) is 17.5 Å². The first kappa shape index (κ1) is 19.3. The minimum absolute atomic E-state index is 0.0165. The van der Waals surface area contributed by atoms with Crippen LogP contribution in [0.5, 0.6) is 0 Å². The smallest absolute Gasteiger partial charge is 0.380 e. The van der Waals surface area contributed by atoms with Gasteiger partial charge in [0.1, 0.15) is 5.82 Å². The molecule has 5 fully saturated rings. The predicted octanol–water partition coefficient (Wildman–Crippen LogP) is 4.45. The number of nitrogens with zero attached hydrogens (tertiary/aromatic N) is 3. The topological polar surface area (TPSA) is 41.8 Å². The first-order valence-corrected chi connectivity index (χ1v) is 11.4. The second-order valence-electron chi connectivity index (χ2n) is 9.86. The molecule has 2 aromatic heterocycles. The first-order valence-electron chi connectivity index (χ1n) is 10.6. The zero-order chi connectivity index (χ0) is 20.8. The Hall–Kier alpha value is -1.45. The van der Waals surface area contributed by atoms with E-state index in [1.807, 2.05) is 12.1 Å². The van der Waals surface area contributed by atoms with Gasteiger partial charge in [-0.25, -0.2) is 4.52 Å². The van der Waals surface area contributed by atoms with Gasteiger partial charge >= 0.3 is 5.51 Å². The van der Waals surface area contributed by atoms with Crippen LogP contribution >= 0.6 is 11.8 Å². The van der Waals surface area contributed by atoms with Crippen molar-refractivity contribution in [1.82, 2.24) is 14.5 Å². The predicted molar refractivity (Wildman–Crippen MR) is 109 cm³/mol. The Balaban J connectivity index is 1.23. The molecule has 0 unspecified atom stereocenters. The maximum atomic E-state index is 13.0. The van der Waals surface area contributed by atoms with Crippen LogP contribution in [-0.2, 0) is 4.74 Å². The Morgan fingerprint density at radius 1 is 1.17 bits per heavy atom. The number of hydrogen-bond acceptors (Lipinski definition) is 5. The van der Waals surface area contributed by atoms with Gasteiger partial charge in [-0.1, -0.05) is 6.07 Å². The van der Waals surface area contributed by atoms with Gasteiger partial charge in [0, 0.05) is 29.6 Å². The Morgan fingerprint density at radius 2 is 1.93 bits per heavy atom. The number of anilines is 1. The number of pyridine rings is 1. The monoisotopic (exact) mass is 438 g/mol. The maximum Gasteiger partial charge on any atom is 0.446 e. The quantitative estimate of drug-likeness (QED) is 0.715. The lowest BCUT2D eigenvalue weighted by molar-refractivity contribution is -0.237. The molecule has 2 bridgehead atoms.